The number of anilines is 1. The molecule has 13 nitrogen and oxygen atoms in total. The maximum Gasteiger partial charge on any atom is 0.352 e. The largest absolute Gasteiger partial charge is 1.00 e. The van der Waals surface area contributed by atoms with Gasteiger partial charge in [-0.05, 0) is 0 Å². The molecule has 2 saturated heterocycles. The van der Waals surface area contributed by atoms with Crippen molar-refractivity contribution in [2.24, 2.45) is 5.16 Å². The van der Waals surface area contributed by atoms with Gasteiger partial charge in [-0.2, -0.15) is 0 Å². The zero-order chi connectivity index (χ0) is 23.0. The van der Waals surface area contributed by atoms with Gasteiger partial charge in [0.25, 0.3) is 11.8 Å². The summed E-state index contributed by atoms with van der Waals surface area (Å²) >= 11 is 2.61. The summed E-state index contributed by atoms with van der Waals surface area (Å²) in [5, 5.41) is 17.6. The number of rotatable bonds is 7. The highest BCUT2D eigenvalue weighted by molar-refractivity contribution is 8.00. The summed E-state index contributed by atoms with van der Waals surface area (Å²) in [4.78, 5) is 47.9. The van der Waals surface area contributed by atoms with E-state index in [9.17, 15) is 19.5 Å². The Morgan fingerprint density at radius 1 is 1.36 bits per heavy atom. The van der Waals surface area contributed by atoms with Crippen molar-refractivity contribution in [1.29, 1.82) is 0 Å². The number of likely N-dealkylation sites (N-methyl/N-ethyl adjacent to an activating group) is 1. The number of nitrogens with one attached hydrogen (secondary N) is 1. The lowest BCUT2D eigenvalue weighted by Gasteiger charge is -2.49. The molecule has 4 rings (SSSR count). The topological polar surface area (TPSA) is 210 Å². The molecule has 8 N–H and O–H groups in total. The number of thioether (sulfide) groups is 1. The number of carbonyl (C=O) groups excluding carboxylic acids is 2. The predicted molar refractivity (Wildman–Crippen MR) is 134 cm³/mol. The highest BCUT2D eigenvalue weighted by Gasteiger charge is 2.55. The molecule has 0 bridgehead atoms. The van der Waals surface area contributed by atoms with Crippen LogP contribution in [-0.4, -0.2) is 105 Å². The molecular formula is C19H30Cl2N6O7S2. The van der Waals surface area contributed by atoms with Crippen LogP contribution in [0.3, 0.4) is 0 Å². The van der Waals surface area contributed by atoms with Crippen LogP contribution in [-0.2, 0) is 19.2 Å². The Morgan fingerprint density at radius 3 is 2.53 bits per heavy atom. The standard InChI is InChI=1S/C19H24N6O5S2.2ClH.2H2O/c1-25(5-3-4-6-25)7-10-8-31-17-13(16(27)24(17)14(10)18(28)29)22-15(26)12(23-30-2)11-9-32-19(20)21-11;;;;/h9,13,17H,3-8H2,1-2H3,(H3-,20,21,22,26,28,29);2*1H;2*1H2/b23-12+;;;;/t13-,17-;;;;/m1..../s1. The molecule has 2 amide bonds. The number of nitrogens with zero attached hydrogens (tertiary/aromatic N) is 4. The third-order valence-corrected chi connectivity index (χ3v) is 7.93. The van der Waals surface area contributed by atoms with Gasteiger partial charge in [-0.25, -0.2) is 9.78 Å². The number of fused-ring (bicyclic) bond motifs is 1. The Kier molecular flexibility index (Phi) is 12.6. The average Bonchev–Trinajstić information content (AvgIpc) is 3.37. The number of carbonyl (C=O) groups is 3. The van der Waals surface area contributed by atoms with Gasteiger partial charge in [-0.1, -0.05) is 5.16 Å². The first-order chi connectivity index (χ1) is 15.2. The summed E-state index contributed by atoms with van der Waals surface area (Å²) in [6.07, 6.45) is 2.24. The van der Waals surface area contributed by atoms with Crippen molar-refractivity contribution in [3.05, 3.63) is 22.3 Å². The molecule has 3 aliphatic rings. The molecule has 0 aromatic carbocycles. The SMILES string of the molecule is CO/N=C(/C(=O)N[C@@H]1C(=O)N2C(C(=O)O)=C(C[N+]3(C)CCCC3)CS[C@H]12)c1csc(N)n1.Cl.O.O.[Cl-]. The van der Waals surface area contributed by atoms with Crippen LogP contribution in [0.4, 0.5) is 5.13 Å². The minimum atomic E-state index is -1.12. The second-order valence-corrected chi connectivity index (χ2v) is 10.2. The number of thiazole rings is 1. The van der Waals surface area contributed by atoms with E-state index >= 15 is 0 Å². The molecule has 0 radical (unpaired) electrons. The number of quaternary nitrogens is 1. The first-order valence-corrected chi connectivity index (χ1v) is 12.0. The van der Waals surface area contributed by atoms with E-state index in [4.69, 9.17) is 10.6 Å². The van der Waals surface area contributed by atoms with Gasteiger partial charge in [-0.3, -0.25) is 14.5 Å². The zero-order valence-electron chi connectivity index (χ0n) is 19.5. The number of amides is 2. The van der Waals surface area contributed by atoms with E-state index in [1.54, 1.807) is 5.38 Å². The molecule has 4 heterocycles. The Morgan fingerprint density at radius 2 is 2.00 bits per heavy atom. The van der Waals surface area contributed by atoms with Gasteiger partial charge in [0.05, 0.1) is 20.1 Å². The number of hydrogen-bond acceptors (Lipinski definition) is 9. The second kappa shape index (κ2) is 13.4. The number of oxime groups is 1. The number of carboxylic acid groups (broad SMARTS) is 1. The van der Waals surface area contributed by atoms with E-state index in [0.29, 0.717) is 12.3 Å². The minimum Gasteiger partial charge on any atom is -1.00 e. The fourth-order valence-electron chi connectivity index (χ4n) is 4.42. The average molecular weight is 590 g/mol. The molecular weight excluding hydrogens is 559 g/mol. The maximum absolute atomic E-state index is 12.9. The zero-order valence-corrected chi connectivity index (χ0v) is 22.7. The summed E-state index contributed by atoms with van der Waals surface area (Å²) in [7, 11) is 3.42. The summed E-state index contributed by atoms with van der Waals surface area (Å²) in [6, 6.07) is -0.863. The summed E-state index contributed by atoms with van der Waals surface area (Å²) < 4.78 is 0.785. The summed E-state index contributed by atoms with van der Waals surface area (Å²) in [5.41, 5.74) is 6.59. The molecule has 36 heavy (non-hydrogen) atoms. The van der Waals surface area contributed by atoms with Gasteiger partial charge in [0.1, 0.15) is 36.5 Å². The van der Waals surface area contributed by atoms with E-state index in [2.05, 4.69) is 22.5 Å². The van der Waals surface area contributed by atoms with Crippen molar-refractivity contribution in [2.45, 2.75) is 24.3 Å². The smallest absolute Gasteiger partial charge is 0.352 e. The van der Waals surface area contributed by atoms with E-state index in [1.807, 2.05) is 0 Å². The third-order valence-electron chi connectivity index (χ3n) is 5.92. The molecule has 204 valence electrons. The number of halogens is 2. The van der Waals surface area contributed by atoms with Crippen molar-refractivity contribution in [3.8, 4) is 0 Å². The van der Waals surface area contributed by atoms with Gasteiger partial charge in [-0.15, -0.1) is 35.5 Å². The number of nitrogen functional groups attached to an aromatic ring is 1. The van der Waals surface area contributed by atoms with E-state index < -0.39 is 29.2 Å². The van der Waals surface area contributed by atoms with Gasteiger partial charge >= 0.3 is 5.97 Å². The first kappa shape index (κ1) is 33.9. The molecule has 1 aromatic rings. The van der Waals surface area contributed by atoms with Gasteiger partial charge in [0.15, 0.2) is 10.8 Å². The van der Waals surface area contributed by atoms with Crippen LogP contribution in [0.2, 0.25) is 0 Å². The van der Waals surface area contributed by atoms with Gasteiger partial charge in [0, 0.05) is 29.5 Å². The number of nitrogens with two attached hydrogens (primary N) is 1. The van der Waals surface area contributed by atoms with Gasteiger partial charge in [0.2, 0.25) is 0 Å². The summed E-state index contributed by atoms with van der Waals surface area (Å²) in [6.45, 7) is 2.61. The number of likely N-dealkylation sites (tertiary alicyclic amines) is 1. The Balaban J connectivity index is 0.00000306. The number of hydrogen-bond donors (Lipinski definition) is 3. The van der Waals surface area contributed by atoms with Crippen LogP contribution in [0.25, 0.3) is 0 Å². The van der Waals surface area contributed by atoms with Crippen molar-refractivity contribution in [3.63, 3.8) is 0 Å². The van der Waals surface area contributed by atoms with E-state index in [-0.39, 0.29) is 58.0 Å². The highest BCUT2D eigenvalue weighted by Crippen LogP contribution is 2.41. The van der Waals surface area contributed by atoms with Crippen LogP contribution < -0.4 is 23.5 Å². The van der Waals surface area contributed by atoms with Crippen molar-refractivity contribution in [1.82, 2.24) is 15.2 Å². The Hall–Kier alpha value is -2.14. The lowest BCUT2D eigenvalue weighted by atomic mass is 10.0. The van der Waals surface area contributed by atoms with E-state index in [0.717, 1.165) is 47.3 Å². The fourth-order valence-corrected chi connectivity index (χ4v) is 6.31. The second-order valence-electron chi connectivity index (χ2n) is 8.24. The van der Waals surface area contributed by atoms with Crippen LogP contribution >= 0.6 is 35.5 Å². The Bertz CT molecular complexity index is 1030. The van der Waals surface area contributed by atoms with Crippen LogP contribution in [0.1, 0.15) is 18.5 Å². The highest BCUT2D eigenvalue weighted by atomic mass is 35.5. The summed E-state index contributed by atoms with van der Waals surface area (Å²) in [5.74, 6) is -1.71. The minimum absolute atomic E-state index is 0. The molecule has 17 heteroatoms. The molecule has 0 unspecified atom stereocenters. The quantitative estimate of drug-likeness (QED) is 0.123. The molecule has 0 spiro atoms. The van der Waals surface area contributed by atoms with Crippen molar-refractivity contribution < 1.29 is 52.2 Å². The molecule has 3 aliphatic heterocycles. The van der Waals surface area contributed by atoms with Crippen molar-refractivity contribution >= 4 is 64.1 Å². The lowest BCUT2D eigenvalue weighted by molar-refractivity contribution is -0.893. The van der Waals surface area contributed by atoms with Crippen LogP contribution in [0, 0.1) is 0 Å². The molecule has 1 aromatic heterocycles. The van der Waals surface area contributed by atoms with Crippen LogP contribution in [0.15, 0.2) is 21.8 Å². The molecule has 2 atom stereocenters. The van der Waals surface area contributed by atoms with Gasteiger partial charge < -0.3 is 48.8 Å². The third kappa shape index (κ3) is 6.40. The normalized spacial score (nSPS) is 22.0. The Labute approximate surface area is 228 Å². The molecule has 0 saturated carbocycles. The van der Waals surface area contributed by atoms with Crippen LogP contribution in [0.5, 0.6) is 0 Å². The number of aliphatic carboxylic acids is 1. The molecule has 2 fully saturated rings. The fraction of sp³-hybridized carbons (Fsp3) is 0.526. The van der Waals surface area contributed by atoms with Crippen molar-refractivity contribution in [2.75, 3.05) is 45.3 Å². The van der Waals surface area contributed by atoms with E-state index in [1.165, 1.54) is 23.8 Å². The molecule has 0 aliphatic carbocycles. The number of β-lactam (4-membered cyclic amide) rings is 1. The lowest BCUT2D eigenvalue weighted by Crippen LogP contribution is -3.00. The number of aromatic nitrogens is 1. The predicted octanol–water partition coefficient (Wildman–Crippen LogP) is -4.17. The first-order valence-electron chi connectivity index (χ1n) is 10.1. The monoisotopic (exact) mass is 588 g/mol. The maximum atomic E-state index is 12.9. The number of carboxylic acids is 1.